The van der Waals surface area contributed by atoms with Gasteiger partial charge in [0.05, 0.1) is 0 Å². The zero-order valence-corrected chi connectivity index (χ0v) is 10.7. The molecule has 1 fully saturated rings. The molecule has 1 aliphatic rings. The summed E-state index contributed by atoms with van der Waals surface area (Å²) in [6.45, 7) is 4.48. The minimum atomic E-state index is 0.841. The Morgan fingerprint density at radius 3 is 2.19 bits per heavy atom. The molecule has 1 aromatic rings. The zero-order chi connectivity index (χ0) is 11.4. The highest BCUT2D eigenvalue weighted by Crippen LogP contribution is 2.37. The molecule has 0 heterocycles. The monoisotopic (exact) mass is 216 g/mol. The van der Waals surface area contributed by atoms with Gasteiger partial charge in [-0.1, -0.05) is 49.6 Å². The van der Waals surface area contributed by atoms with Gasteiger partial charge in [-0.25, -0.2) is 0 Å². The first-order chi connectivity index (χ1) is 7.79. The Bertz CT molecular complexity index is 301. The first kappa shape index (κ1) is 11.7. The second-order valence-electron chi connectivity index (χ2n) is 5.42. The van der Waals surface area contributed by atoms with E-state index in [9.17, 15) is 0 Å². The van der Waals surface area contributed by atoms with Crippen LogP contribution in [0.25, 0.3) is 0 Å². The highest BCUT2D eigenvalue weighted by Gasteiger charge is 2.21. The fraction of sp³-hybridized carbons (Fsp3) is 0.625. The minimum Gasteiger partial charge on any atom is -0.0654 e. The maximum absolute atomic E-state index is 2.33. The summed E-state index contributed by atoms with van der Waals surface area (Å²) in [4.78, 5) is 0. The molecule has 0 nitrogen and oxygen atoms in total. The van der Waals surface area contributed by atoms with Crippen LogP contribution in [-0.2, 0) is 0 Å². The molecule has 0 spiro atoms. The van der Waals surface area contributed by atoms with Crippen LogP contribution < -0.4 is 0 Å². The van der Waals surface area contributed by atoms with Crippen LogP contribution in [0.4, 0.5) is 0 Å². The first-order valence-electron chi connectivity index (χ1n) is 6.86. The van der Waals surface area contributed by atoms with Gasteiger partial charge in [-0.05, 0) is 50.0 Å². The van der Waals surface area contributed by atoms with Crippen LogP contribution in [0.1, 0.15) is 62.5 Å². The van der Waals surface area contributed by atoms with Gasteiger partial charge in [0.2, 0.25) is 0 Å². The summed E-state index contributed by atoms with van der Waals surface area (Å²) in [6, 6.07) is 9.18. The van der Waals surface area contributed by atoms with E-state index in [4.69, 9.17) is 0 Å². The van der Waals surface area contributed by atoms with E-state index >= 15 is 0 Å². The van der Waals surface area contributed by atoms with E-state index in [-0.39, 0.29) is 0 Å². The highest BCUT2D eigenvalue weighted by molar-refractivity contribution is 5.24. The molecule has 0 aliphatic heterocycles. The van der Waals surface area contributed by atoms with E-state index in [0.717, 1.165) is 11.8 Å². The Morgan fingerprint density at radius 1 is 1.00 bits per heavy atom. The average molecular weight is 216 g/mol. The summed E-state index contributed by atoms with van der Waals surface area (Å²) in [7, 11) is 0. The molecule has 0 atom stereocenters. The molecule has 0 bridgehead atoms. The quantitative estimate of drug-likeness (QED) is 0.662. The van der Waals surface area contributed by atoms with Gasteiger partial charge in [0.1, 0.15) is 0 Å². The van der Waals surface area contributed by atoms with Crippen molar-refractivity contribution in [3.63, 3.8) is 0 Å². The fourth-order valence-electron chi connectivity index (χ4n) is 3.03. The van der Waals surface area contributed by atoms with Gasteiger partial charge in [0.25, 0.3) is 0 Å². The molecule has 16 heavy (non-hydrogen) atoms. The smallest absolute Gasteiger partial charge is 0.0162 e. The molecule has 0 radical (unpaired) electrons. The van der Waals surface area contributed by atoms with Crippen molar-refractivity contribution in [1.29, 1.82) is 0 Å². The highest BCUT2D eigenvalue weighted by atomic mass is 14.3. The average Bonchev–Trinajstić information content (AvgIpc) is 2.32. The summed E-state index contributed by atoms with van der Waals surface area (Å²) in [5.41, 5.74) is 2.95. The standard InChI is InChI=1S/C16H24/c1-3-4-14-7-11-16(12-8-14)15-9-5-13(2)6-10-15/h5-6,9-10,14,16H,3-4,7-8,11-12H2,1-2H3/t14-,16+. The van der Waals surface area contributed by atoms with Gasteiger partial charge in [-0.3, -0.25) is 0 Å². The van der Waals surface area contributed by atoms with Crippen molar-refractivity contribution < 1.29 is 0 Å². The van der Waals surface area contributed by atoms with Crippen LogP contribution in [0.15, 0.2) is 24.3 Å². The van der Waals surface area contributed by atoms with Gasteiger partial charge in [0.15, 0.2) is 0 Å². The van der Waals surface area contributed by atoms with Crippen molar-refractivity contribution in [2.24, 2.45) is 5.92 Å². The van der Waals surface area contributed by atoms with Crippen LogP contribution in [-0.4, -0.2) is 0 Å². The Labute approximate surface area is 100 Å². The summed E-state index contributed by atoms with van der Waals surface area (Å²) < 4.78 is 0. The summed E-state index contributed by atoms with van der Waals surface area (Å²) in [5.74, 6) is 1.86. The zero-order valence-electron chi connectivity index (χ0n) is 10.7. The fourth-order valence-corrected chi connectivity index (χ4v) is 3.03. The van der Waals surface area contributed by atoms with Crippen LogP contribution in [0.5, 0.6) is 0 Å². The van der Waals surface area contributed by atoms with Crippen LogP contribution in [0.3, 0.4) is 0 Å². The maximum Gasteiger partial charge on any atom is -0.0162 e. The van der Waals surface area contributed by atoms with Crippen molar-refractivity contribution >= 4 is 0 Å². The summed E-state index contributed by atoms with van der Waals surface area (Å²) >= 11 is 0. The molecule has 2 rings (SSSR count). The molecule has 0 aromatic heterocycles. The molecule has 1 aromatic carbocycles. The van der Waals surface area contributed by atoms with Crippen molar-refractivity contribution in [1.82, 2.24) is 0 Å². The second-order valence-corrected chi connectivity index (χ2v) is 5.42. The Hall–Kier alpha value is -0.780. The van der Waals surface area contributed by atoms with E-state index in [1.807, 2.05) is 0 Å². The lowest BCUT2D eigenvalue weighted by Gasteiger charge is -2.28. The number of hydrogen-bond acceptors (Lipinski definition) is 0. The van der Waals surface area contributed by atoms with Gasteiger partial charge in [-0.15, -0.1) is 0 Å². The van der Waals surface area contributed by atoms with Crippen molar-refractivity contribution in [2.75, 3.05) is 0 Å². The van der Waals surface area contributed by atoms with Crippen molar-refractivity contribution in [2.45, 2.75) is 58.3 Å². The van der Waals surface area contributed by atoms with Crippen molar-refractivity contribution in [3.8, 4) is 0 Å². The van der Waals surface area contributed by atoms with Gasteiger partial charge < -0.3 is 0 Å². The van der Waals surface area contributed by atoms with E-state index < -0.39 is 0 Å². The lowest BCUT2D eigenvalue weighted by molar-refractivity contribution is 0.308. The topological polar surface area (TPSA) is 0 Å². The third-order valence-corrected chi connectivity index (χ3v) is 4.09. The lowest BCUT2D eigenvalue weighted by Crippen LogP contribution is -2.13. The predicted octanol–water partition coefficient (Wildman–Crippen LogP) is 5.07. The Morgan fingerprint density at radius 2 is 1.62 bits per heavy atom. The lowest BCUT2D eigenvalue weighted by atomic mass is 9.77. The largest absolute Gasteiger partial charge is 0.0654 e. The molecule has 88 valence electrons. The summed E-state index contributed by atoms with van der Waals surface area (Å²) in [6.07, 6.45) is 8.53. The number of aryl methyl sites for hydroxylation is 1. The van der Waals surface area contributed by atoms with Crippen molar-refractivity contribution in [3.05, 3.63) is 35.4 Å². The molecule has 0 amide bonds. The molecule has 0 N–H and O–H groups in total. The first-order valence-corrected chi connectivity index (χ1v) is 6.86. The van der Waals surface area contributed by atoms with Crippen LogP contribution in [0.2, 0.25) is 0 Å². The second kappa shape index (κ2) is 5.52. The Balaban J connectivity index is 1.91. The van der Waals surface area contributed by atoms with E-state index in [1.165, 1.54) is 44.1 Å². The molecule has 0 heteroatoms. The molecular weight excluding hydrogens is 192 g/mol. The molecule has 1 aliphatic carbocycles. The van der Waals surface area contributed by atoms with Crippen LogP contribution in [0, 0.1) is 12.8 Å². The minimum absolute atomic E-state index is 0.841. The van der Waals surface area contributed by atoms with Crippen LogP contribution >= 0.6 is 0 Å². The van der Waals surface area contributed by atoms with E-state index in [1.54, 1.807) is 5.56 Å². The SMILES string of the molecule is CCC[C@H]1CC[C@@H](c2ccc(C)cc2)CC1. The molecular formula is C16H24. The predicted molar refractivity (Wildman–Crippen MR) is 70.8 cm³/mol. The molecule has 1 saturated carbocycles. The molecule has 0 unspecified atom stereocenters. The molecule has 0 saturated heterocycles. The number of benzene rings is 1. The third kappa shape index (κ3) is 2.87. The van der Waals surface area contributed by atoms with Gasteiger partial charge in [-0.2, -0.15) is 0 Å². The third-order valence-electron chi connectivity index (χ3n) is 4.09. The maximum atomic E-state index is 2.33. The van der Waals surface area contributed by atoms with Gasteiger partial charge in [0, 0.05) is 0 Å². The van der Waals surface area contributed by atoms with Gasteiger partial charge >= 0.3 is 0 Å². The number of rotatable bonds is 3. The summed E-state index contributed by atoms with van der Waals surface area (Å²) in [5, 5.41) is 0. The van der Waals surface area contributed by atoms with E-state index in [0.29, 0.717) is 0 Å². The Kier molecular flexibility index (Phi) is 4.04. The number of hydrogen-bond donors (Lipinski definition) is 0. The van der Waals surface area contributed by atoms with E-state index in [2.05, 4.69) is 38.1 Å². The normalized spacial score (nSPS) is 25.6.